The van der Waals surface area contributed by atoms with Crippen LogP contribution in [-0.2, 0) is 21.4 Å². The molecule has 0 aromatic heterocycles. The van der Waals surface area contributed by atoms with Gasteiger partial charge in [0.1, 0.15) is 11.6 Å². The third kappa shape index (κ3) is 7.73. The molecular weight excluding hydrogens is 395 g/mol. The molecule has 0 fully saturated rings. The number of amides is 1. The summed E-state index contributed by atoms with van der Waals surface area (Å²) in [6.45, 7) is 4.74. The Bertz CT molecular complexity index is 897. The fourth-order valence-electron chi connectivity index (χ4n) is 2.56. The van der Waals surface area contributed by atoms with Crippen molar-refractivity contribution in [1.82, 2.24) is 5.32 Å². The van der Waals surface area contributed by atoms with Crippen LogP contribution in [0.5, 0.6) is 5.75 Å². The number of carbonyl (C=O) groups is 1. The number of nitrogens with zero attached hydrogens (tertiary/aromatic N) is 1. The minimum absolute atomic E-state index is 0.0809. The van der Waals surface area contributed by atoms with E-state index in [1.165, 1.54) is 16.4 Å². The van der Waals surface area contributed by atoms with E-state index in [2.05, 4.69) is 19.2 Å². The molecule has 158 valence electrons. The molecule has 1 N–H and O–H groups in total. The molecule has 0 heterocycles. The molecule has 0 spiro atoms. The van der Waals surface area contributed by atoms with E-state index in [-0.39, 0.29) is 24.9 Å². The van der Waals surface area contributed by atoms with E-state index in [4.69, 9.17) is 4.74 Å². The number of hydrogen-bond donors (Lipinski definition) is 1. The highest BCUT2D eigenvalue weighted by Gasteiger charge is 2.18. The van der Waals surface area contributed by atoms with Crippen molar-refractivity contribution >= 4 is 21.6 Å². The molecule has 1 amide bonds. The van der Waals surface area contributed by atoms with Crippen molar-refractivity contribution < 1.29 is 22.3 Å². The number of rotatable bonds is 10. The molecule has 0 saturated heterocycles. The summed E-state index contributed by atoms with van der Waals surface area (Å²) in [7, 11) is -3.55. The topological polar surface area (TPSA) is 75.7 Å². The third-order valence-electron chi connectivity index (χ3n) is 4.18. The Labute approximate surface area is 171 Å². The van der Waals surface area contributed by atoms with Gasteiger partial charge in [-0.2, -0.15) is 0 Å². The molecule has 6 nitrogen and oxygen atoms in total. The van der Waals surface area contributed by atoms with Crippen molar-refractivity contribution in [3.8, 4) is 5.75 Å². The van der Waals surface area contributed by atoms with Gasteiger partial charge in [0.05, 0.1) is 18.5 Å². The fourth-order valence-corrected chi connectivity index (χ4v) is 3.45. The van der Waals surface area contributed by atoms with Crippen LogP contribution in [0.3, 0.4) is 0 Å². The molecular formula is C21H27FN2O4S. The minimum Gasteiger partial charge on any atom is -0.484 e. The largest absolute Gasteiger partial charge is 0.484 e. The number of halogens is 1. The fraction of sp³-hybridized carbons (Fsp3) is 0.381. The molecule has 8 heteroatoms. The van der Waals surface area contributed by atoms with Gasteiger partial charge in [0.2, 0.25) is 10.0 Å². The molecule has 2 rings (SSSR count). The molecule has 0 aliphatic rings. The SMILES string of the molecule is CC(C)CCNC(=O)COc1ccc(N(Cc2ccc(F)cc2)S(C)(=O)=O)cc1. The van der Waals surface area contributed by atoms with Crippen molar-refractivity contribution in [2.24, 2.45) is 5.92 Å². The van der Waals surface area contributed by atoms with Gasteiger partial charge in [-0.05, 0) is 54.3 Å². The summed E-state index contributed by atoms with van der Waals surface area (Å²) in [6, 6.07) is 12.1. The number of hydrogen-bond acceptors (Lipinski definition) is 4. The van der Waals surface area contributed by atoms with E-state index < -0.39 is 10.0 Å². The molecule has 0 aliphatic carbocycles. The predicted octanol–water partition coefficient (Wildman–Crippen LogP) is 3.33. The summed E-state index contributed by atoms with van der Waals surface area (Å²) >= 11 is 0. The van der Waals surface area contributed by atoms with Crippen molar-refractivity contribution in [2.75, 3.05) is 23.7 Å². The number of anilines is 1. The number of carbonyl (C=O) groups excluding carboxylic acids is 1. The molecule has 0 aliphatic heterocycles. The Kier molecular flexibility index (Phi) is 8.01. The standard InChI is InChI=1S/C21H27FN2O4S/c1-16(2)12-13-23-21(25)15-28-20-10-8-19(9-11-20)24(29(3,26)27)14-17-4-6-18(22)7-5-17/h4-11,16H,12-15H2,1-3H3,(H,23,25). The molecule has 0 unspecified atom stereocenters. The van der Waals surface area contributed by atoms with E-state index >= 15 is 0 Å². The van der Waals surface area contributed by atoms with Crippen molar-refractivity contribution in [1.29, 1.82) is 0 Å². The maximum atomic E-state index is 13.1. The number of benzene rings is 2. The highest BCUT2D eigenvalue weighted by molar-refractivity contribution is 7.92. The Balaban J connectivity index is 2.00. The van der Waals surface area contributed by atoms with Gasteiger partial charge in [0, 0.05) is 6.54 Å². The number of nitrogens with one attached hydrogen (secondary N) is 1. The quantitative estimate of drug-likeness (QED) is 0.637. The zero-order chi connectivity index (χ0) is 21.4. The summed E-state index contributed by atoms with van der Waals surface area (Å²) in [6.07, 6.45) is 2.01. The summed E-state index contributed by atoms with van der Waals surface area (Å²) in [4.78, 5) is 11.8. The second kappa shape index (κ2) is 10.2. The van der Waals surface area contributed by atoms with E-state index in [0.717, 1.165) is 12.7 Å². The molecule has 0 atom stereocenters. The summed E-state index contributed by atoms with van der Waals surface area (Å²) in [5, 5.41) is 2.79. The van der Waals surface area contributed by atoms with Gasteiger partial charge in [0.25, 0.3) is 5.91 Å². The van der Waals surface area contributed by atoms with Gasteiger partial charge >= 0.3 is 0 Å². The Morgan fingerprint density at radius 1 is 1.10 bits per heavy atom. The normalized spacial score (nSPS) is 11.3. The maximum Gasteiger partial charge on any atom is 0.257 e. The lowest BCUT2D eigenvalue weighted by molar-refractivity contribution is -0.123. The highest BCUT2D eigenvalue weighted by Crippen LogP contribution is 2.23. The Morgan fingerprint density at radius 2 is 1.72 bits per heavy atom. The van der Waals surface area contributed by atoms with Crippen molar-refractivity contribution in [3.05, 3.63) is 59.9 Å². The zero-order valence-electron chi connectivity index (χ0n) is 16.9. The first-order chi connectivity index (χ1) is 13.6. The van der Waals surface area contributed by atoms with E-state index in [9.17, 15) is 17.6 Å². The highest BCUT2D eigenvalue weighted by atomic mass is 32.2. The van der Waals surface area contributed by atoms with Crippen LogP contribution in [0.15, 0.2) is 48.5 Å². The van der Waals surface area contributed by atoms with E-state index in [1.807, 2.05) is 0 Å². The van der Waals surface area contributed by atoms with Crippen LogP contribution < -0.4 is 14.4 Å². The van der Waals surface area contributed by atoms with Crippen LogP contribution in [0.2, 0.25) is 0 Å². The van der Waals surface area contributed by atoms with Crippen LogP contribution in [-0.4, -0.2) is 33.7 Å². The molecule has 2 aromatic carbocycles. The second-order valence-corrected chi connectivity index (χ2v) is 9.12. The van der Waals surface area contributed by atoms with Crippen LogP contribution in [0.25, 0.3) is 0 Å². The van der Waals surface area contributed by atoms with Crippen molar-refractivity contribution in [3.63, 3.8) is 0 Å². The summed E-state index contributed by atoms with van der Waals surface area (Å²) in [5.41, 5.74) is 1.11. The average Bonchev–Trinajstić information content (AvgIpc) is 2.65. The first-order valence-electron chi connectivity index (χ1n) is 9.37. The maximum absolute atomic E-state index is 13.1. The lowest BCUT2D eigenvalue weighted by Crippen LogP contribution is -2.30. The number of sulfonamides is 1. The lowest BCUT2D eigenvalue weighted by atomic mass is 10.1. The molecule has 2 aromatic rings. The molecule has 29 heavy (non-hydrogen) atoms. The zero-order valence-corrected chi connectivity index (χ0v) is 17.7. The Morgan fingerprint density at radius 3 is 2.28 bits per heavy atom. The van der Waals surface area contributed by atoms with Gasteiger partial charge in [0.15, 0.2) is 6.61 Å². The first kappa shape index (κ1) is 22.7. The Hall–Kier alpha value is -2.61. The second-order valence-electron chi connectivity index (χ2n) is 7.21. The average molecular weight is 423 g/mol. The van der Waals surface area contributed by atoms with Crippen molar-refractivity contribution in [2.45, 2.75) is 26.8 Å². The lowest BCUT2D eigenvalue weighted by Gasteiger charge is -2.22. The monoisotopic (exact) mass is 422 g/mol. The summed E-state index contributed by atoms with van der Waals surface area (Å²) < 4.78 is 44.2. The smallest absolute Gasteiger partial charge is 0.257 e. The first-order valence-corrected chi connectivity index (χ1v) is 11.2. The minimum atomic E-state index is -3.55. The molecule has 0 saturated carbocycles. The molecule has 0 bridgehead atoms. The third-order valence-corrected chi connectivity index (χ3v) is 5.32. The van der Waals surface area contributed by atoms with Crippen LogP contribution in [0.1, 0.15) is 25.8 Å². The summed E-state index contributed by atoms with van der Waals surface area (Å²) in [5.74, 6) is 0.387. The van der Waals surface area contributed by atoms with Gasteiger partial charge in [-0.25, -0.2) is 12.8 Å². The predicted molar refractivity (Wildman–Crippen MR) is 112 cm³/mol. The van der Waals surface area contributed by atoms with Crippen LogP contribution >= 0.6 is 0 Å². The van der Waals surface area contributed by atoms with Gasteiger partial charge in [-0.1, -0.05) is 26.0 Å². The number of ether oxygens (including phenoxy) is 1. The molecule has 0 radical (unpaired) electrons. The van der Waals surface area contributed by atoms with Gasteiger partial charge in [-0.3, -0.25) is 9.10 Å². The van der Waals surface area contributed by atoms with Gasteiger partial charge < -0.3 is 10.1 Å². The van der Waals surface area contributed by atoms with E-state index in [1.54, 1.807) is 36.4 Å². The van der Waals surface area contributed by atoms with Crippen LogP contribution in [0, 0.1) is 11.7 Å². The van der Waals surface area contributed by atoms with Crippen LogP contribution in [0.4, 0.5) is 10.1 Å². The van der Waals surface area contributed by atoms with E-state index in [0.29, 0.717) is 29.5 Å². The van der Waals surface area contributed by atoms with Gasteiger partial charge in [-0.15, -0.1) is 0 Å².